The number of rotatable bonds is 11. The van der Waals surface area contributed by atoms with Crippen LogP contribution in [0.2, 0.25) is 5.02 Å². The molecule has 1 N–H and O–H groups in total. The molecule has 0 bridgehead atoms. The van der Waals surface area contributed by atoms with E-state index in [2.05, 4.69) is 5.32 Å². The van der Waals surface area contributed by atoms with E-state index in [-0.39, 0.29) is 23.4 Å². The van der Waals surface area contributed by atoms with Gasteiger partial charge in [0.25, 0.3) is 10.0 Å². The number of carbonyl (C=O) groups is 2. The number of anilines is 1. The molecule has 0 aliphatic heterocycles. The molecule has 7 nitrogen and oxygen atoms in total. The summed E-state index contributed by atoms with van der Waals surface area (Å²) in [4.78, 5) is 28.9. The van der Waals surface area contributed by atoms with Crippen LogP contribution in [0.3, 0.4) is 0 Å². The van der Waals surface area contributed by atoms with Crippen molar-refractivity contribution in [2.75, 3.05) is 10.8 Å². The molecule has 0 aromatic heterocycles. The van der Waals surface area contributed by atoms with Crippen LogP contribution >= 0.6 is 11.6 Å². The van der Waals surface area contributed by atoms with E-state index in [1.807, 2.05) is 25.1 Å². The lowest BCUT2D eigenvalue weighted by Gasteiger charge is -2.33. The van der Waals surface area contributed by atoms with Gasteiger partial charge >= 0.3 is 0 Å². The lowest BCUT2D eigenvalue weighted by molar-refractivity contribution is -0.139. The lowest BCUT2D eigenvalue weighted by atomic mass is 10.1. The van der Waals surface area contributed by atoms with Crippen LogP contribution in [0.5, 0.6) is 0 Å². The molecule has 1 atom stereocenters. The van der Waals surface area contributed by atoms with E-state index in [0.717, 1.165) is 41.1 Å². The first-order valence-corrected chi connectivity index (χ1v) is 15.5. The van der Waals surface area contributed by atoms with E-state index in [0.29, 0.717) is 17.1 Å². The maximum Gasteiger partial charge on any atom is 0.264 e. The van der Waals surface area contributed by atoms with Crippen molar-refractivity contribution in [1.29, 1.82) is 0 Å². The largest absolute Gasteiger partial charge is 0.352 e. The minimum absolute atomic E-state index is 0.0853. The van der Waals surface area contributed by atoms with Gasteiger partial charge < -0.3 is 10.2 Å². The van der Waals surface area contributed by atoms with Gasteiger partial charge in [0, 0.05) is 17.6 Å². The van der Waals surface area contributed by atoms with Crippen molar-refractivity contribution in [2.24, 2.45) is 0 Å². The highest BCUT2D eigenvalue weighted by atomic mass is 35.5. The molecule has 0 radical (unpaired) electrons. The third kappa shape index (κ3) is 7.04. The third-order valence-corrected chi connectivity index (χ3v) is 9.37. The molecule has 0 heterocycles. The third-order valence-electron chi connectivity index (χ3n) is 7.36. The van der Waals surface area contributed by atoms with E-state index in [1.165, 1.54) is 17.0 Å². The molecule has 3 aromatic rings. The van der Waals surface area contributed by atoms with Crippen LogP contribution in [0.25, 0.3) is 0 Å². The van der Waals surface area contributed by atoms with E-state index >= 15 is 0 Å². The second-order valence-corrected chi connectivity index (χ2v) is 12.4. The predicted octanol–water partition coefficient (Wildman–Crippen LogP) is 5.57. The van der Waals surface area contributed by atoms with Gasteiger partial charge in [0.1, 0.15) is 12.6 Å². The van der Waals surface area contributed by atoms with Crippen LogP contribution in [0.15, 0.2) is 83.8 Å². The molecule has 2 amide bonds. The molecular weight excluding hydrogens is 546 g/mol. The number of aryl methyl sites for hydroxylation is 1. The average Bonchev–Trinajstić information content (AvgIpc) is 3.47. The highest BCUT2D eigenvalue weighted by molar-refractivity contribution is 7.92. The smallest absolute Gasteiger partial charge is 0.264 e. The van der Waals surface area contributed by atoms with Gasteiger partial charge in [-0.1, -0.05) is 79.9 Å². The second-order valence-electron chi connectivity index (χ2n) is 10.1. The number of hydrogen-bond donors (Lipinski definition) is 1. The summed E-state index contributed by atoms with van der Waals surface area (Å²) in [5, 5.41) is 3.59. The first-order chi connectivity index (χ1) is 19.2. The molecule has 1 aliphatic rings. The quantitative estimate of drug-likeness (QED) is 0.320. The minimum atomic E-state index is -4.10. The molecule has 1 unspecified atom stereocenters. The zero-order valence-electron chi connectivity index (χ0n) is 22.9. The summed E-state index contributed by atoms with van der Waals surface area (Å²) >= 11 is 6.22. The van der Waals surface area contributed by atoms with Crippen molar-refractivity contribution >= 4 is 39.1 Å². The zero-order valence-corrected chi connectivity index (χ0v) is 24.5. The van der Waals surface area contributed by atoms with Crippen molar-refractivity contribution in [3.05, 3.63) is 95.0 Å². The van der Waals surface area contributed by atoms with Crippen molar-refractivity contribution in [3.8, 4) is 0 Å². The molecule has 1 fully saturated rings. The van der Waals surface area contributed by atoms with Crippen LogP contribution < -0.4 is 9.62 Å². The highest BCUT2D eigenvalue weighted by Gasteiger charge is 2.34. The van der Waals surface area contributed by atoms with Crippen molar-refractivity contribution in [1.82, 2.24) is 10.2 Å². The fraction of sp³-hybridized carbons (Fsp3) is 0.355. The lowest BCUT2D eigenvalue weighted by Crippen LogP contribution is -2.52. The number of nitrogens with one attached hydrogen (secondary N) is 1. The minimum Gasteiger partial charge on any atom is -0.352 e. The number of nitrogens with zero attached hydrogens (tertiary/aromatic N) is 2. The normalized spacial score (nSPS) is 14.5. The Hall–Kier alpha value is -3.36. The van der Waals surface area contributed by atoms with Crippen molar-refractivity contribution in [2.45, 2.75) is 69.5 Å². The standard InChI is InChI=1S/C31H36ClN3O4S/c1-3-25-13-7-10-19-29(25)35(40(38,39)28-17-5-4-6-18-28)22-30(36)34(21-24-12-11-14-26(32)20-24)23(2)31(37)33-27-15-8-9-16-27/h4-7,10-14,17-20,23,27H,3,8-9,15-16,21-22H2,1-2H3,(H,33,37). The number of benzene rings is 3. The fourth-order valence-corrected chi connectivity index (χ4v) is 6.78. The highest BCUT2D eigenvalue weighted by Crippen LogP contribution is 2.28. The molecule has 9 heteroatoms. The number of sulfonamides is 1. The van der Waals surface area contributed by atoms with Gasteiger partial charge in [-0.25, -0.2) is 8.42 Å². The van der Waals surface area contributed by atoms with Crippen LogP contribution in [-0.4, -0.2) is 43.8 Å². The Labute approximate surface area is 242 Å². The van der Waals surface area contributed by atoms with E-state index < -0.39 is 28.5 Å². The molecule has 40 heavy (non-hydrogen) atoms. The predicted molar refractivity (Wildman–Crippen MR) is 159 cm³/mol. The average molecular weight is 582 g/mol. The Kier molecular flexibility index (Phi) is 9.87. The second kappa shape index (κ2) is 13.3. The Morgan fingerprint density at radius 1 is 0.975 bits per heavy atom. The Bertz CT molecular complexity index is 1430. The molecular formula is C31H36ClN3O4S. The number of carbonyl (C=O) groups excluding carboxylic acids is 2. The van der Waals surface area contributed by atoms with Crippen molar-refractivity contribution in [3.63, 3.8) is 0 Å². The van der Waals surface area contributed by atoms with Gasteiger partial charge in [-0.05, 0) is 67.6 Å². The molecule has 4 rings (SSSR count). The summed E-state index contributed by atoms with van der Waals surface area (Å²) in [6.45, 7) is 3.26. The van der Waals surface area contributed by atoms with Crippen molar-refractivity contribution < 1.29 is 18.0 Å². The summed E-state index contributed by atoms with van der Waals surface area (Å²) < 4.78 is 29.1. The number of halogens is 1. The topological polar surface area (TPSA) is 86.8 Å². The summed E-state index contributed by atoms with van der Waals surface area (Å²) in [6, 6.07) is 21.6. The van der Waals surface area contributed by atoms with E-state index in [9.17, 15) is 18.0 Å². The molecule has 3 aromatic carbocycles. The summed E-state index contributed by atoms with van der Waals surface area (Å²) in [5.41, 5.74) is 1.98. The number of para-hydroxylation sites is 1. The van der Waals surface area contributed by atoms with Crippen LogP contribution in [0.1, 0.15) is 50.7 Å². The Morgan fingerprint density at radius 3 is 2.33 bits per heavy atom. The Balaban J connectivity index is 1.70. The van der Waals surface area contributed by atoms with Gasteiger partial charge in [-0.3, -0.25) is 13.9 Å². The molecule has 1 saturated carbocycles. The van der Waals surface area contributed by atoms with Gasteiger partial charge in [-0.2, -0.15) is 0 Å². The first-order valence-electron chi connectivity index (χ1n) is 13.7. The number of hydrogen-bond acceptors (Lipinski definition) is 4. The summed E-state index contributed by atoms with van der Waals surface area (Å²) in [6.07, 6.45) is 4.54. The summed E-state index contributed by atoms with van der Waals surface area (Å²) in [5.74, 6) is -0.742. The van der Waals surface area contributed by atoms with Gasteiger partial charge in [0.05, 0.1) is 10.6 Å². The first kappa shape index (κ1) is 29.6. The van der Waals surface area contributed by atoms with Gasteiger partial charge in [0.15, 0.2) is 0 Å². The van der Waals surface area contributed by atoms with Gasteiger partial charge in [-0.15, -0.1) is 0 Å². The maximum atomic E-state index is 14.1. The van der Waals surface area contributed by atoms with E-state index in [1.54, 1.807) is 55.5 Å². The SMILES string of the molecule is CCc1ccccc1N(CC(=O)N(Cc1cccc(Cl)c1)C(C)C(=O)NC1CCCC1)S(=O)(=O)c1ccccc1. The van der Waals surface area contributed by atoms with Crippen LogP contribution in [0.4, 0.5) is 5.69 Å². The molecule has 212 valence electrons. The van der Waals surface area contributed by atoms with Crippen LogP contribution in [0, 0.1) is 0 Å². The number of amides is 2. The molecule has 0 saturated heterocycles. The zero-order chi connectivity index (χ0) is 28.7. The monoisotopic (exact) mass is 581 g/mol. The fourth-order valence-electron chi connectivity index (χ4n) is 5.09. The van der Waals surface area contributed by atoms with Gasteiger partial charge in [0.2, 0.25) is 11.8 Å². The Morgan fingerprint density at radius 2 is 1.65 bits per heavy atom. The van der Waals surface area contributed by atoms with E-state index in [4.69, 9.17) is 11.6 Å². The molecule has 1 aliphatic carbocycles. The molecule has 0 spiro atoms. The maximum absolute atomic E-state index is 14.1. The van der Waals surface area contributed by atoms with Crippen LogP contribution in [-0.2, 0) is 32.6 Å². The summed E-state index contributed by atoms with van der Waals surface area (Å²) in [7, 11) is -4.10.